The molecule has 1 unspecified atom stereocenters. The Morgan fingerprint density at radius 1 is 1.20 bits per heavy atom. The molecule has 0 saturated carbocycles. The number of anilines is 1. The number of hydrogen-bond donors (Lipinski definition) is 2. The summed E-state index contributed by atoms with van der Waals surface area (Å²) in [5.74, 6) is 0.307. The van der Waals surface area contributed by atoms with Crippen molar-refractivity contribution in [3.05, 3.63) is 53.6 Å². The maximum absolute atomic E-state index is 9.40. The van der Waals surface area contributed by atoms with Crippen LogP contribution < -0.4 is 5.32 Å². The first-order chi connectivity index (χ1) is 7.33. The van der Waals surface area contributed by atoms with Crippen LogP contribution in [0.5, 0.6) is 5.75 Å². The third-order valence-electron chi connectivity index (χ3n) is 2.73. The molecule has 0 radical (unpaired) electrons. The molecule has 15 heavy (non-hydrogen) atoms. The zero-order valence-electron chi connectivity index (χ0n) is 8.14. The molecule has 2 heteroatoms. The second-order valence-electron chi connectivity index (χ2n) is 3.78. The van der Waals surface area contributed by atoms with Gasteiger partial charge in [0.2, 0.25) is 0 Å². The van der Waals surface area contributed by atoms with Crippen molar-refractivity contribution in [1.29, 1.82) is 0 Å². The molecule has 0 fully saturated rings. The molecule has 0 spiro atoms. The van der Waals surface area contributed by atoms with Crippen LogP contribution in [0.3, 0.4) is 0 Å². The lowest BCUT2D eigenvalue weighted by Gasteiger charge is -2.26. The van der Waals surface area contributed by atoms with Gasteiger partial charge in [0.25, 0.3) is 0 Å². The fourth-order valence-corrected chi connectivity index (χ4v) is 1.97. The predicted octanol–water partition coefficient (Wildman–Crippen LogP) is 2.70. The van der Waals surface area contributed by atoms with Gasteiger partial charge in [-0.2, -0.15) is 0 Å². The number of hydrogen-bond acceptors (Lipinski definition) is 2. The summed E-state index contributed by atoms with van der Waals surface area (Å²) in [5, 5.41) is 12.8. The standard InChI is InChI=1S/C13H11NO/c15-11-5-6-13-10(8-11)7-9-3-1-2-4-12(9)14-13/h1-8,12,14-15H. The number of nitrogens with one attached hydrogen (secondary N) is 1. The third-order valence-corrected chi connectivity index (χ3v) is 2.73. The average Bonchev–Trinajstić information content (AvgIpc) is 2.26. The summed E-state index contributed by atoms with van der Waals surface area (Å²) in [5.41, 5.74) is 3.35. The molecular weight excluding hydrogens is 186 g/mol. The van der Waals surface area contributed by atoms with E-state index < -0.39 is 0 Å². The lowest BCUT2D eigenvalue weighted by atomic mass is 9.94. The minimum Gasteiger partial charge on any atom is -0.508 e. The van der Waals surface area contributed by atoms with Crippen LogP contribution in [0.15, 0.2) is 48.1 Å². The molecule has 3 rings (SSSR count). The number of rotatable bonds is 0. The SMILES string of the molecule is Oc1ccc2c(c1)C=C1C=CC=CC1N2. The van der Waals surface area contributed by atoms with E-state index in [1.807, 2.05) is 18.2 Å². The van der Waals surface area contributed by atoms with Crippen molar-refractivity contribution < 1.29 is 5.11 Å². The van der Waals surface area contributed by atoms with Crippen molar-refractivity contribution in [2.75, 3.05) is 5.32 Å². The smallest absolute Gasteiger partial charge is 0.116 e. The number of aromatic hydroxyl groups is 1. The van der Waals surface area contributed by atoms with Crippen LogP contribution in [0.4, 0.5) is 5.69 Å². The van der Waals surface area contributed by atoms with Gasteiger partial charge in [-0.1, -0.05) is 24.3 Å². The van der Waals surface area contributed by atoms with Gasteiger partial charge in [0, 0.05) is 11.3 Å². The molecule has 1 heterocycles. The van der Waals surface area contributed by atoms with Crippen molar-refractivity contribution in [2.24, 2.45) is 0 Å². The van der Waals surface area contributed by atoms with Crippen LogP contribution in [0.1, 0.15) is 5.56 Å². The van der Waals surface area contributed by atoms with Crippen LogP contribution in [0.2, 0.25) is 0 Å². The van der Waals surface area contributed by atoms with E-state index in [2.05, 4.69) is 23.5 Å². The van der Waals surface area contributed by atoms with E-state index in [0.717, 1.165) is 11.3 Å². The van der Waals surface area contributed by atoms with E-state index in [-0.39, 0.29) is 6.04 Å². The Labute approximate surface area is 88.2 Å². The van der Waals surface area contributed by atoms with E-state index in [4.69, 9.17) is 0 Å². The van der Waals surface area contributed by atoms with E-state index in [1.54, 1.807) is 12.1 Å². The van der Waals surface area contributed by atoms with E-state index >= 15 is 0 Å². The quantitative estimate of drug-likeness (QED) is 0.627. The number of benzene rings is 1. The van der Waals surface area contributed by atoms with Crippen molar-refractivity contribution in [1.82, 2.24) is 0 Å². The van der Waals surface area contributed by atoms with Crippen molar-refractivity contribution in [3.8, 4) is 5.75 Å². The summed E-state index contributed by atoms with van der Waals surface area (Å²) in [6.07, 6.45) is 10.4. The largest absolute Gasteiger partial charge is 0.508 e. The van der Waals surface area contributed by atoms with Crippen molar-refractivity contribution in [3.63, 3.8) is 0 Å². The van der Waals surface area contributed by atoms with Gasteiger partial charge in [0.05, 0.1) is 6.04 Å². The predicted molar refractivity (Wildman–Crippen MR) is 61.8 cm³/mol. The van der Waals surface area contributed by atoms with E-state index in [1.165, 1.54) is 5.57 Å². The van der Waals surface area contributed by atoms with Gasteiger partial charge < -0.3 is 10.4 Å². The summed E-state index contributed by atoms with van der Waals surface area (Å²) in [6.45, 7) is 0. The minimum absolute atomic E-state index is 0.270. The number of fused-ring (bicyclic) bond motifs is 2. The highest BCUT2D eigenvalue weighted by Gasteiger charge is 2.17. The first kappa shape index (κ1) is 8.36. The Morgan fingerprint density at radius 3 is 3.07 bits per heavy atom. The highest BCUT2D eigenvalue weighted by Crippen LogP contribution is 2.31. The molecule has 1 aliphatic carbocycles. The molecule has 1 aromatic carbocycles. The van der Waals surface area contributed by atoms with Gasteiger partial charge in [-0.25, -0.2) is 0 Å². The second kappa shape index (κ2) is 3.02. The molecule has 1 aromatic rings. The normalized spacial score (nSPS) is 21.3. The maximum atomic E-state index is 9.40. The molecular formula is C13H11NO. The first-order valence-corrected chi connectivity index (χ1v) is 4.99. The highest BCUT2D eigenvalue weighted by molar-refractivity contribution is 5.77. The van der Waals surface area contributed by atoms with E-state index in [9.17, 15) is 5.11 Å². The molecule has 2 aliphatic rings. The van der Waals surface area contributed by atoms with Crippen LogP contribution in [-0.4, -0.2) is 11.1 Å². The van der Waals surface area contributed by atoms with E-state index in [0.29, 0.717) is 5.75 Å². The van der Waals surface area contributed by atoms with Gasteiger partial charge in [-0.3, -0.25) is 0 Å². The molecule has 2 nitrogen and oxygen atoms in total. The lowest BCUT2D eigenvalue weighted by Crippen LogP contribution is -2.23. The Hall–Kier alpha value is -1.96. The Balaban J connectivity index is 2.12. The summed E-state index contributed by atoms with van der Waals surface area (Å²) >= 11 is 0. The second-order valence-corrected chi connectivity index (χ2v) is 3.78. The zero-order valence-corrected chi connectivity index (χ0v) is 8.14. The summed E-state index contributed by atoms with van der Waals surface area (Å²) in [7, 11) is 0. The number of phenols is 1. The van der Waals surface area contributed by atoms with Crippen LogP contribution >= 0.6 is 0 Å². The topological polar surface area (TPSA) is 32.3 Å². The van der Waals surface area contributed by atoms with Crippen LogP contribution in [0, 0.1) is 0 Å². The van der Waals surface area contributed by atoms with Crippen LogP contribution in [-0.2, 0) is 0 Å². The number of allylic oxidation sites excluding steroid dienone is 2. The lowest BCUT2D eigenvalue weighted by molar-refractivity contribution is 0.475. The van der Waals surface area contributed by atoms with Gasteiger partial charge >= 0.3 is 0 Å². The molecule has 1 aliphatic heterocycles. The van der Waals surface area contributed by atoms with Crippen molar-refractivity contribution in [2.45, 2.75) is 6.04 Å². The fourth-order valence-electron chi connectivity index (χ4n) is 1.97. The van der Waals surface area contributed by atoms with Crippen molar-refractivity contribution >= 4 is 11.8 Å². The fraction of sp³-hybridized carbons (Fsp3) is 0.0769. The zero-order chi connectivity index (χ0) is 10.3. The molecule has 1 atom stereocenters. The third kappa shape index (κ3) is 1.34. The molecule has 0 saturated heterocycles. The Morgan fingerprint density at radius 2 is 2.13 bits per heavy atom. The van der Waals surface area contributed by atoms with Gasteiger partial charge in [-0.15, -0.1) is 0 Å². The molecule has 0 bridgehead atoms. The Kier molecular flexibility index (Phi) is 1.68. The number of phenolic OH excluding ortho intramolecular Hbond substituents is 1. The van der Waals surface area contributed by atoms with Gasteiger partial charge in [-0.05, 0) is 29.8 Å². The molecule has 2 N–H and O–H groups in total. The summed E-state index contributed by atoms with van der Waals surface area (Å²) < 4.78 is 0. The molecule has 0 amide bonds. The van der Waals surface area contributed by atoms with Crippen LogP contribution in [0.25, 0.3) is 6.08 Å². The Bertz CT molecular complexity index is 497. The summed E-state index contributed by atoms with van der Waals surface area (Å²) in [4.78, 5) is 0. The first-order valence-electron chi connectivity index (χ1n) is 4.99. The summed E-state index contributed by atoms with van der Waals surface area (Å²) in [6, 6.07) is 5.65. The van der Waals surface area contributed by atoms with Gasteiger partial charge in [0.1, 0.15) is 5.75 Å². The molecule has 74 valence electrons. The molecule has 0 aromatic heterocycles. The highest BCUT2D eigenvalue weighted by atomic mass is 16.3. The minimum atomic E-state index is 0.270. The maximum Gasteiger partial charge on any atom is 0.116 e. The monoisotopic (exact) mass is 197 g/mol. The average molecular weight is 197 g/mol. The van der Waals surface area contributed by atoms with Gasteiger partial charge in [0.15, 0.2) is 0 Å².